The van der Waals surface area contributed by atoms with E-state index in [0.717, 1.165) is 29.1 Å². The monoisotopic (exact) mass is 587 g/mol. The molecule has 1 unspecified atom stereocenters. The van der Waals surface area contributed by atoms with Crippen molar-refractivity contribution in [2.75, 3.05) is 68.0 Å². The lowest BCUT2D eigenvalue weighted by molar-refractivity contribution is 0.0134. The summed E-state index contributed by atoms with van der Waals surface area (Å²) in [6, 6.07) is 0.104. The van der Waals surface area contributed by atoms with Gasteiger partial charge in [-0.25, -0.2) is 28.2 Å². The number of nitrogen functional groups attached to an aromatic ring is 1. The van der Waals surface area contributed by atoms with Gasteiger partial charge in [0.1, 0.15) is 16.7 Å². The van der Waals surface area contributed by atoms with Crippen LogP contribution in [0.4, 0.5) is 22.5 Å². The summed E-state index contributed by atoms with van der Waals surface area (Å²) < 4.78 is 39.1. The number of likely N-dealkylation sites (tertiary alicyclic amines) is 1. The molecule has 0 spiro atoms. The van der Waals surface area contributed by atoms with E-state index in [-0.39, 0.29) is 31.1 Å². The van der Waals surface area contributed by atoms with Crippen molar-refractivity contribution in [2.24, 2.45) is 0 Å². The van der Waals surface area contributed by atoms with Gasteiger partial charge in [-0.1, -0.05) is 0 Å². The van der Waals surface area contributed by atoms with E-state index in [4.69, 9.17) is 25.2 Å². The molecule has 0 aliphatic carbocycles. The smallest absolute Gasteiger partial charge is 0.410 e. The average Bonchev–Trinajstić information content (AvgIpc) is 3.24. The molecule has 2 aromatic rings. The Balaban J connectivity index is 1.19. The van der Waals surface area contributed by atoms with Gasteiger partial charge in [0.2, 0.25) is 21.9 Å². The van der Waals surface area contributed by atoms with E-state index < -0.39 is 27.0 Å². The highest BCUT2D eigenvalue weighted by atomic mass is 32.2. The van der Waals surface area contributed by atoms with E-state index in [9.17, 15) is 13.2 Å². The largest absolute Gasteiger partial charge is 0.444 e. The first kappa shape index (κ1) is 27.8. The minimum atomic E-state index is -3.53. The normalized spacial score (nSPS) is 22.3. The van der Waals surface area contributed by atoms with Gasteiger partial charge in [0.15, 0.2) is 0 Å². The molecular weight excluding hydrogens is 550 g/mol. The predicted molar refractivity (Wildman–Crippen MR) is 152 cm³/mol. The lowest BCUT2D eigenvalue weighted by Crippen LogP contribution is -2.67. The summed E-state index contributed by atoms with van der Waals surface area (Å²) in [7, 11) is -3.53. The summed E-state index contributed by atoms with van der Waals surface area (Å²) in [5, 5.41) is -0.615. The molecule has 0 radical (unpaired) electrons. The molecular formula is C26H37N9O5S. The highest BCUT2D eigenvalue weighted by Crippen LogP contribution is 2.39. The zero-order valence-corrected chi connectivity index (χ0v) is 24.7. The van der Waals surface area contributed by atoms with Crippen molar-refractivity contribution in [2.45, 2.75) is 57.1 Å². The van der Waals surface area contributed by atoms with E-state index in [1.807, 2.05) is 0 Å². The van der Waals surface area contributed by atoms with Crippen LogP contribution in [0.1, 0.15) is 33.3 Å². The van der Waals surface area contributed by atoms with Crippen LogP contribution in [0.25, 0.3) is 11.3 Å². The van der Waals surface area contributed by atoms with Crippen molar-refractivity contribution in [3.63, 3.8) is 0 Å². The van der Waals surface area contributed by atoms with Gasteiger partial charge >= 0.3 is 6.09 Å². The van der Waals surface area contributed by atoms with Crippen molar-refractivity contribution in [3.8, 4) is 11.3 Å². The van der Waals surface area contributed by atoms with Gasteiger partial charge in [-0.2, -0.15) is 9.29 Å². The maximum Gasteiger partial charge on any atom is 0.410 e. The average molecular weight is 588 g/mol. The summed E-state index contributed by atoms with van der Waals surface area (Å²) in [6.07, 6.45) is 3.60. The SMILES string of the molecule is CC1COCCN1c1nc(-c2cnc(N)nc2)c2c(n1)N(C1CN(S(=O)(=O)C3CN(C(=O)OC(C)(C)C)C3)C1)CC2. The van der Waals surface area contributed by atoms with Crippen LogP contribution in [-0.4, -0.2) is 119 Å². The number of ether oxygens (including phenoxy) is 2. The van der Waals surface area contributed by atoms with Crippen molar-refractivity contribution in [3.05, 3.63) is 18.0 Å². The fraction of sp³-hybridized carbons (Fsp3) is 0.654. The number of carbonyl (C=O) groups is 1. The van der Waals surface area contributed by atoms with Gasteiger partial charge in [0, 0.05) is 62.8 Å². The lowest BCUT2D eigenvalue weighted by atomic mass is 10.1. The fourth-order valence-electron chi connectivity index (χ4n) is 5.61. The molecule has 4 aliphatic heterocycles. The predicted octanol–water partition coefficient (Wildman–Crippen LogP) is 0.737. The zero-order chi connectivity index (χ0) is 29.1. The Bertz CT molecular complexity index is 1420. The lowest BCUT2D eigenvalue weighted by Gasteiger charge is -2.47. The number of hydrogen-bond acceptors (Lipinski definition) is 12. The Morgan fingerprint density at radius 3 is 2.44 bits per heavy atom. The Morgan fingerprint density at radius 1 is 1.07 bits per heavy atom. The second-order valence-corrected chi connectivity index (χ2v) is 14.3. The third-order valence-electron chi connectivity index (χ3n) is 7.97. The number of nitrogens with two attached hydrogens (primary N) is 1. The molecule has 2 N–H and O–H groups in total. The Labute approximate surface area is 239 Å². The maximum absolute atomic E-state index is 13.3. The zero-order valence-electron chi connectivity index (χ0n) is 23.9. The Kier molecular flexibility index (Phi) is 6.93. The molecule has 4 aliphatic rings. The number of anilines is 3. The molecule has 6 rings (SSSR count). The van der Waals surface area contributed by atoms with Crippen LogP contribution in [0.15, 0.2) is 12.4 Å². The van der Waals surface area contributed by atoms with Gasteiger partial charge in [-0.05, 0) is 34.1 Å². The van der Waals surface area contributed by atoms with Gasteiger partial charge in [0.25, 0.3) is 0 Å². The van der Waals surface area contributed by atoms with Gasteiger partial charge < -0.3 is 29.9 Å². The first-order valence-corrected chi connectivity index (χ1v) is 15.5. The van der Waals surface area contributed by atoms with Crippen LogP contribution >= 0.6 is 0 Å². The van der Waals surface area contributed by atoms with E-state index in [1.54, 1.807) is 33.2 Å². The number of carbonyl (C=O) groups excluding carboxylic acids is 1. The number of sulfonamides is 1. The van der Waals surface area contributed by atoms with Crippen molar-refractivity contribution >= 4 is 33.8 Å². The summed E-state index contributed by atoms with van der Waals surface area (Å²) in [5.74, 6) is 1.63. The quantitative estimate of drug-likeness (QED) is 0.523. The minimum Gasteiger partial charge on any atom is -0.444 e. The third-order valence-corrected chi connectivity index (χ3v) is 10.1. The second-order valence-electron chi connectivity index (χ2n) is 12.1. The number of nitrogens with zero attached hydrogens (tertiary/aromatic N) is 8. The van der Waals surface area contributed by atoms with Crippen LogP contribution in [0, 0.1) is 0 Å². The van der Waals surface area contributed by atoms with Crippen LogP contribution in [0.3, 0.4) is 0 Å². The number of fused-ring (bicyclic) bond motifs is 1. The summed E-state index contributed by atoms with van der Waals surface area (Å²) in [6.45, 7) is 11.1. The summed E-state index contributed by atoms with van der Waals surface area (Å²) in [4.78, 5) is 36.4. The molecule has 3 fully saturated rings. The van der Waals surface area contributed by atoms with Gasteiger partial charge in [-0.3, -0.25) is 0 Å². The van der Waals surface area contributed by atoms with Crippen LogP contribution in [0.5, 0.6) is 0 Å². The van der Waals surface area contributed by atoms with Crippen molar-refractivity contribution in [1.29, 1.82) is 0 Å². The molecule has 0 bridgehead atoms. The summed E-state index contributed by atoms with van der Waals surface area (Å²) >= 11 is 0. The van der Waals surface area contributed by atoms with E-state index >= 15 is 0 Å². The molecule has 41 heavy (non-hydrogen) atoms. The van der Waals surface area contributed by atoms with Gasteiger partial charge in [0.05, 0.1) is 31.0 Å². The molecule has 0 aromatic carbocycles. The van der Waals surface area contributed by atoms with E-state index in [0.29, 0.717) is 45.3 Å². The number of hydrogen-bond donors (Lipinski definition) is 1. The molecule has 222 valence electrons. The molecule has 6 heterocycles. The summed E-state index contributed by atoms with van der Waals surface area (Å²) in [5.41, 5.74) is 7.64. The molecule has 15 heteroatoms. The number of morpholine rings is 1. The minimum absolute atomic E-state index is 0.00607. The topological polar surface area (TPSA) is 160 Å². The Hall–Kier alpha value is -3.30. The molecule has 14 nitrogen and oxygen atoms in total. The maximum atomic E-state index is 13.3. The number of amides is 1. The number of rotatable bonds is 5. The third kappa shape index (κ3) is 5.26. The van der Waals surface area contributed by atoms with Crippen LogP contribution < -0.4 is 15.5 Å². The first-order valence-electron chi connectivity index (χ1n) is 14.0. The molecule has 1 atom stereocenters. The first-order chi connectivity index (χ1) is 19.4. The van der Waals surface area contributed by atoms with E-state index in [2.05, 4.69) is 26.7 Å². The van der Waals surface area contributed by atoms with Crippen molar-refractivity contribution in [1.82, 2.24) is 29.1 Å². The molecule has 2 aromatic heterocycles. The van der Waals surface area contributed by atoms with E-state index in [1.165, 1.54) is 9.21 Å². The Morgan fingerprint density at radius 2 is 1.78 bits per heavy atom. The van der Waals surface area contributed by atoms with Crippen LogP contribution in [0.2, 0.25) is 0 Å². The fourth-order valence-corrected chi connectivity index (χ4v) is 7.53. The van der Waals surface area contributed by atoms with Crippen LogP contribution in [-0.2, 0) is 25.9 Å². The highest BCUT2D eigenvalue weighted by molar-refractivity contribution is 7.89. The highest BCUT2D eigenvalue weighted by Gasteiger charge is 2.49. The molecule has 1 amide bonds. The molecule has 3 saturated heterocycles. The standard InChI is InChI=1S/C26H37N9O5S/c1-16-15-39-8-7-34(16)24-30-21(17-9-28-23(27)29-10-17)20-5-6-35(22(20)31-24)18-11-33(12-18)41(37,38)19-13-32(14-19)25(36)40-26(2,3)4/h9-10,16,18-19H,5-8,11-15H2,1-4H3,(H2,27,28,29). The molecule has 0 saturated carbocycles. The van der Waals surface area contributed by atoms with Gasteiger partial charge in [-0.15, -0.1) is 0 Å². The van der Waals surface area contributed by atoms with Crippen molar-refractivity contribution < 1.29 is 22.7 Å². The second kappa shape index (κ2) is 10.2. The number of aromatic nitrogens is 4.